The smallest absolute Gasteiger partial charge is 0.136 e. The molecule has 12 rings (SSSR count). The molecule has 0 N–H and O–H groups in total. The molecule has 0 aliphatic heterocycles. The summed E-state index contributed by atoms with van der Waals surface area (Å²) in [5, 5.41) is 12.3. The van der Waals surface area contributed by atoms with Crippen LogP contribution in [0, 0.1) is 0 Å². The Morgan fingerprint density at radius 1 is 0.250 bits per heavy atom. The highest BCUT2D eigenvalue weighted by molar-refractivity contribution is 6.34. The summed E-state index contributed by atoms with van der Waals surface area (Å²) in [6.45, 7) is 0. The van der Waals surface area contributed by atoms with Gasteiger partial charge in [0.2, 0.25) is 0 Å². The predicted molar refractivity (Wildman–Crippen MR) is 255 cm³/mol. The Labute approximate surface area is 347 Å². The van der Waals surface area contributed by atoms with Crippen molar-refractivity contribution in [2.45, 2.75) is 0 Å². The molecule has 0 aliphatic rings. The van der Waals surface area contributed by atoms with Crippen LogP contribution in [0.1, 0.15) is 0 Å². The van der Waals surface area contributed by atoms with Gasteiger partial charge in [-0.15, -0.1) is 0 Å². The molecule has 0 saturated heterocycles. The lowest BCUT2D eigenvalue weighted by Crippen LogP contribution is -2.09. The van der Waals surface area contributed by atoms with Gasteiger partial charge in [-0.1, -0.05) is 158 Å². The molecule has 280 valence electrons. The van der Waals surface area contributed by atoms with Crippen molar-refractivity contribution in [3.05, 3.63) is 224 Å². The highest BCUT2D eigenvalue weighted by Crippen LogP contribution is 2.44. The van der Waals surface area contributed by atoms with Crippen LogP contribution in [0.2, 0.25) is 0 Å². The number of fused-ring (bicyclic) bond motifs is 11. The van der Waals surface area contributed by atoms with Crippen molar-refractivity contribution in [1.82, 2.24) is 0 Å². The van der Waals surface area contributed by atoms with E-state index in [1.54, 1.807) is 0 Å². The number of hydrogen-bond donors (Lipinski definition) is 0. The van der Waals surface area contributed by atoms with Gasteiger partial charge in [-0.05, 0) is 138 Å². The summed E-state index contributed by atoms with van der Waals surface area (Å²) in [5.74, 6) is 0. The van der Waals surface area contributed by atoms with Gasteiger partial charge in [0.15, 0.2) is 0 Å². The first kappa shape index (κ1) is 34.1. The minimum absolute atomic E-state index is 0.917. The number of para-hydroxylation sites is 1. The number of anilines is 3. The second kappa shape index (κ2) is 13.9. The third-order valence-corrected chi connectivity index (χ3v) is 12.2. The van der Waals surface area contributed by atoms with Crippen LogP contribution in [0.15, 0.2) is 229 Å². The van der Waals surface area contributed by atoms with Crippen LogP contribution in [0.5, 0.6) is 0 Å². The summed E-state index contributed by atoms with van der Waals surface area (Å²) >= 11 is 0. The molecule has 0 amide bonds. The Bertz CT molecular complexity index is 3570. The maximum atomic E-state index is 6.37. The zero-order chi connectivity index (χ0) is 39.6. The third kappa shape index (κ3) is 5.65. The van der Waals surface area contributed by atoms with Gasteiger partial charge >= 0.3 is 0 Å². The maximum absolute atomic E-state index is 6.37. The fourth-order valence-corrected chi connectivity index (χ4v) is 9.29. The lowest BCUT2D eigenvalue weighted by Gasteiger charge is -2.26. The Hall–Kier alpha value is -7.94. The largest absolute Gasteiger partial charge is 0.456 e. The monoisotopic (exact) mass is 763 g/mol. The number of nitrogens with zero attached hydrogens (tertiary/aromatic N) is 1. The number of benzene rings is 11. The molecule has 2 heteroatoms. The van der Waals surface area contributed by atoms with Crippen LogP contribution < -0.4 is 4.90 Å². The Kier molecular flexibility index (Phi) is 7.89. The van der Waals surface area contributed by atoms with Gasteiger partial charge in [0, 0.05) is 33.2 Å². The van der Waals surface area contributed by atoms with Crippen LogP contribution in [0.3, 0.4) is 0 Å². The third-order valence-electron chi connectivity index (χ3n) is 12.2. The highest BCUT2D eigenvalue weighted by Gasteiger charge is 2.18. The predicted octanol–water partition coefficient (Wildman–Crippen LogP) is 16.7. The summed E-state index contributed by atoms with van der Waals surface area (Å²) in [6.07, 6.45) is 0. The highest BCUT2D eigenvalue weighted by atomic mass is 16.3. The lowest BCUT2D eigenvalue weighted by atomic mass is 9.90. The second-order valence-corrected chi connectivity index (χ2v) is 15.7. The number of rotatable bonds is 6. The van der Waals surface area contributed by atoms with Crippen LogP contribution >= 0.6 is 0 Å². The molecule has 0 saturated carbocycles. The first-order valence-corrected chi connectivity index (χ1v) is 20.6. The van der Waals surface area contributed by atoms with Gasteiger partial charge in [-0.25, -0.2) is 0 Å². The number of hydrogen-bond acceptors (Lipinski definition) is 2. The summed E-state index contributed by atoms with van der Waals surface area (Å²) in [4.78, 5) is 2.35. The lowest BCUT2D eigenvalue weighted by molar-refractivity contribution is 0.669. The minimum Gasteiger partial charge on any atom is -0.456 e. The van der Waals surface area contributed by atoms with E-state index in [1.165, 1.54) is 81.9 Å². The van der Waals surface area contributed by atoms with Crippen molar-refractivity contribution in [1.29, 1.82) is 0 Å². The molecule has 0 radical (unpaired) electrons. The van der Waals surface area contributed by atoms with E-state index in [1.807, 2.05) is 6.07 Å². The SMILES string of the molecule is c1ccc(-c2ccc(N(c3ccc(-c4ccc5ccccc5c4)cc3)c3ccc(-c4ccc5c6ccccc6c6c(ccc7oc8ccccc8c76)c5c4)cc3)cc2)cc1. The Balaban J connectivity index is 0.960. The van der Waals surface area contributed by atoms with Crippen LogP contribution in [0.4, 0.5) is 17.1 Å². The quantitative estimate of drug-likeness (QED) is 0.157. The van der Waals surface area contributed by atoms with E-state index in [4.69, 9.17) is 4.42 Å². The second-order valence-electron chi connectivity index (χ2n) is 15.7. The minimum atomic E-state index is 0.917. The van der Waals surface area contributed by atoms with Gasteiger partial charge < -0.3 is 9.32 Å². The molecule has 1 aromatic heterocycles. The molecule has 1 heterocycles. The van der Waals surface area contributed by atoms with Crippen LogP contribution in [-0.2, 0) is 0 Å². The molecule has 0 unspecified atom stereocenters. The van der Waals surface area contributed by atoms with Crippen molar-refractivity contribution in [3.63, 3.8) is 0 Å². The van der Waals surface area contributed by atoms with Crippen molar-refractivity contribution >= 4 is 82.1 Å². The van der Waals surface area contributed by atoms with E-state index < -0.39 is 0 Å². The first-order valence-electron chi connectivity index (χ1n) is 20.6. The Morgan fingerprint density at radius 2 is 0.717 bits per heavy atom. The van der Waals surface area contributed by atoms with Gasteiger partial charge in [0.05, 0.1) is 0 Å². The zero-order valence-electron chi connectivity index (χ0n) is 32.7. The molecule has 12 aromatic rings. The van der Waals surface area contributed by atoms with E-state index in [2.05, 4.69) is 223 Å². The van der Waals surface area contributed by atoms with E-state index >= 15 is 0 Å². The average molecular weight is 764 g/mol. The molecule has 0 fully saturated rings. The molecule has 0 atom stereocenters. The molecule has 2 nitrogen and oxygen atoms in total. The van der Waals surface area contributed by atoms with E-state index in [0.717, 1.165) is 33.6 Å². The molecule has 60 heavy (non-hydrogen) atoms. The molecule has 0 aliphatic carbocycles. The molecular formula is C58H37NO. The van der Waals surface area contributed by atoms with Crippen molar-refractivity contribution in [2.75, 3.05) is 4.90 Å². The topological polar surface area (TPSA) is 16.4 Å². The standard InChI is InChI=1S/C58H37NO/c1-2-10-38(11-3-1)40-20-27-46(28-21-40)59(47-29-22-41(23-30-47)44-19-18-39-12-4-5-13-43(39)36-44)48-31-24-42(25-32-48)45-26-33-50-49-14-6-7-15-51(49)57-52(54(50)37-45)34-35-56-58(57)53-16-8-9-17-55(53)60-56/h1-37H. The van der Waals surface area contributed by atoms with Gasteiger partial charge in [0.1, 0.15) is 11.2 Å². The van der Waals surface area contributed by atoms with Crippen molar-refractivity contribution in [3.8, 4) is 33.4 Å². The van der Waals surface area contributed by atoms with Crippen molar-refractivity contribution in [2.24, 2.45) is 0 Å². The van der Waals surface area contributed by atoms with E-state index in [9.17, 15) is 0 Å². The molecular weight excluding hydrogens is 727 g/mol. The van der Waals surface area contributed by atoms with Crippen LogP contribution in [0.25, 0.3) is 98.4 Å². The van der Waals surface area contributed by atoms with Gasteiger partial charge in [0.25, 0.3) is 0 Å². The summed E-state index contributed by atoms with van der Waals surface area (Å²) < 4.78 is 6.37. The first-order chi connectivity index (χ1) is 29.7. The van der Waals surface area contributed by atoms with Crippen LogP contribution in [-0.4, -0.2) is 0 Å². The maximum Gasteiger partial charge on any atom is 0.136 e. The average Bonchev–Trinajstić information content (AvgIpc) is 3.71. The normalized spacial score (nSPS) is 11.7. The number of furan rings is 1. The summed E-state index contributed by atoms with van der Waals surface area (Å²) in [6, 6.07) is 81.2. The molecule has 0 spiro atoms. The van der Waals surface area contributed by atoms with Gasteiger partial charge in [-0.2, -0.15) is 0 Å². The summed E-state index contributed by atoms with van der Waals surface area (Å²) in [7, 11) is 0. The van der Waals surface area contributed by atoms with E-state index in [-0.39, 0.29) is 0 Å². The Morgan fingerprint density at radius 3 is 1.42 bits per heavy atom. The van der Waals surface area contributed by atoms with Crippen molar-refractivity contribution < 1.29 is 4.42 Å². The van der Waals surface area contributed by atoms with E-state index in [0.29, 0.717) is 0 Å². The molecule has 0 bridgehead atoms. The fourth-order valence-electron chi connectivity index (χ4n) is 9.29. The van der Waals surface area contributed by atoms with Gasteiger partial charge in [-0.3, -0.25) is 0 Å². The fraction of sp³-hybridized carbons (Fsp3) is 0. The molecule has 11 aromatic carbocycles. The zero-order valence-corrected chi connectivity index (χ0v) is 32.7. The summed E-state index contributed by atoms with van der Waals surface area (Å²) in [5.41, 5.74) is 12.3.